The lowest BCUT2D eigenvalue weighted by Crippen LogP contribution is -2.25. The van der Waals surface area contributed by atoms with Crippen molar-refractivity contribution in [2.75, 3.05) is 57.8 Å². The number of aromatic hydroxyl groups is 1. The average Bonchev–Trinajstić information content (AvgIpc) is 3.89. The molecule has 3 unspecified atom stereocenters. The minimum Gasteiger partial charge on any atom is -0.508 e. The number of thioether (sulfide) groups is 1. The standard InChI is InChI=1S/C36H56O11S/c1-3-44-34(40)13-4-5-18-45-35(41)29(24-32-26-47-32)11-8-19-46-36(42)30(10-7-17-37)25-43-20-22-48-21-16-31(38)12-6-9-28-15-14-27(2)33(39)23-28/h14-15,23,29-30,32,37,39H,3-13,16-22,24-26H2,1-2H3. The fourth-order valence-electron chi connectivity index (χ4n) is 5.03. The van der Waals surface area contributed by atoms with E-state index in [0.717, 1.165) is 24.0 Å². The van der Waals surface area contributed by atoms with Crippen LogP contribution < -0.4 is 0 Å². The van der Waals surface area contributed by atoms with E-state index in [0.29, 0.717) is 95.5 Å². The molecule has 272 valence electrons. The zero-order valence-electron chi connectivity index (χ0n) is 28.8. The van der Waals surface area contributed by atoms with Crippen LogP contribution in [0.1, 0.15) is 88.7 Å². The molecular formula is C36H56O11S. The number of Topliss-reactive ketones (excluding diaryl/α,β-unsaturated/α-hetero) is 1. The Morgan fingerprint density at radius 3 is 2.33 bits per heavy atom. The summed E-state index contributed by atoms with van der Waals surface area (Å²) in [4.78, 5) is 49.1. The van der Waals surface area contributed by atoms with Gasteiger partial charge >= 0.3 is 17.9 Å². The topological polar surface area (TPSA) is 158 Å². The predicted molar refractivity (Wildman–Crippen MR) is 183 cm³/mol. The van der Waals surface area contributed by atoms with Gasteiger partial charge in [0.25, 0.3) is 0 Å². The van der Waals surface area contributed by atoms with E-state index in [-0.39, 0.29) is 67.9 Å². The van der Waals surface area contributed by atoms with E-state index in [1.54, 1.807) is 24.8 Å². The number of ketones is 1. The number of carbonyl (C=O) groups excluding carboxylic acids is 4. The van der Waals surface area contributed by atoms with Crippen molar-refractivity contribution in [3.8, 4) is 5.75 Å². The van der Waals surface area contributed by atoms with Crippen molar-refractivity contribution >= 4 is 35.5 Å². The van der Waals surface area contributed by atoms with Crippen LogP contribution in [0.15, 0.2) is 18.2 Å². The number of aliphatic hydroxyl groups is 1. The van der Waals surface area contributed by atoms with Crippen LogP contribution in [-0.4, -0.2) is 97.8 Å². The number of ether oxygens (including phenoxy) is 5. The Hall–Kier alpha value is -2.67. The highest BCUT2D eigenvalue weighted by molar-refractivity contribution is 7.99. The van der Waals surface area contributed by atoms with Gasteiger partial charge in [0, 0.05) is 37.4 Å². The third kappa shape index (κ3) is 19.4. The number of esters is 3. The molecule has 1 aliphatic heterocycles. The first-order valence-corrected chi connectivity index (χ1v) is 18.6. The molecule has 11 nitrogen and oxygen atoms in total. The Morgan fingerprint density at radius 2 is 1.62 bits per heavy atom. The van der Waals surface area contributed by atoms with Crippen LogP contribution >= 0.6 is 11.8 Å². The molecule has 48 heavy (non-hydrogen) atoms. The molecule has 1 saturated heterocycles. The van der Waals surface area contributed by atoms with Crippen molar-refractivity contribution in [1.82, 2.24) is 0 Å². The number of hydrogen-bond donors (Lipinski definition) is 2. The molecule has 12 heteroatoms. The van der Waals surface area contributed by atoms with Gasteiger partial charge in [0.2, 0.25) is 0 Å². The fourth-order valence-corrected chi connectivity index (χ4v) is 5.84. The van der Waals surface area contributed by atoms with E-state index in [1.807, 2.05) is 19.1 Å². The van der Waals surface area contributed by atoms with E-state index >= 15 is 0 Å². The monoisotopic (exact) mass is 696 g/mol. The van der Waals surface area contributed by atoms with Crippen molar-refractivity contribution in [3.63, 3.8) is 0 Å². The number of phenols is 1. The number of aliphatic hydroxyl groups excluding tert-OH is 1. The van der Waals surface area contributed by atoms with Crippen molar-refractivity contribution in [3.05, 3.63) is 29.3 Å². The van der Waals surface area contributed by atoms with Gasteiger partial charge in [0.05, 0.1) is 57.6 Å². The molecule has 0 spiro atoms. The molecule has 1 fully saturated rings. The molecule has 0 aromatic heterocycles. The molecule has 1 aliphatic rings. The second-order valence-electron chi connectivity index (χ2n) is 12.1. The molecule has 0 amide bonds. The lowest BCUT2D eigenvalue weighted by molar-refractivity contribution is -0.151. The minimum atomic E-state index is -0.491. The van der Waals surface area contributed by atoms with Gasteiger partial charge in [-0.2, -0.15) is 11.8 Å². The summed E-state index contributed by atoms with van der Waals surface area (Å²) in [6.45, 7) is 5.60. The normalized spacial score (nSPS) is 15.0. The van der Waals surface area contributed by atoms with Gasteiger partial charge in [-0.15, -0.1) is 0 Å². The largest absolute Gasteiger partial charge is 0.508 e. The third-order valence-corrected chi connectivity index (χ3v) is 8.95. The Bertz CT molecular complexity index is 1090. The van der Waals surface area contributed by atoms with Gasteiger partial charge in [-0.1, -0.05) is 12.1 Å². The molecule has 1 aromatic rings. The number of carbonyl (C=O) groups is 4. The van der Waals surface area contributed by atoms with Crippen LogP contribution in [0, 0.1) is 18.8 Å². The van der Waals surface area contributed by atoms with Crippen LogP contribution in [0.5, 0.6) is 5.75 Å². The highest BCUT2D eigenvalue weighted by Gasteiger charge is 2.31. The maximum absolute atomic E-state index is 12.8. The predicted octanol–water partition coefficient (Wildman–Crippen LogP) is 5.13. The van der Waals surface area contributed by atoms with Crippen LogP contribution in [-0.2, 0) is 49.3 Å². The van der Waals surface area contributed by atoms with E-state index in [4.69, 9.17) is 23.7 Å². The fraction of sp³-hybridized carbons (Fsp3) is 0.722. The Balaban J connectivity index is 1.58. The van der Waals surface area contributed by atoms with Crippen LogP contribution in [0.3, 0.4) is 0 Å². The summed E-state index contributed by atoms with van der Waals surface area (Å²) in [5.74, 6) is 0.137. The summed E-state index contributed by atoms with van der Waals surface area (Å²) in [6.07, 6.45) is 6.51. The summed E-state index contributed by atoms with van der Waals surface area (Å²) in [6, 6.07) is 5.62. The van der Waals surface area contributed by atoms with E-state index < -0.39 is 5.92 Å². The van der Waals surface area contributed by atoms with Crippen molar-refractivity contribution in [2.45, 2.75) is 97.0 Å². The Morgan fingerprint density at radius 1 is 0.896 bits per heavy atom. The highest BCUT2D eigenvalue weighted by Crippen LogP contribution is 2.24. The summed E-state index contributed by atoms with van der Waals surface area (Å²) in [7, 11) is 0. The molecule has 1 heterocycles. The second-order valence-corrected chi connectivity index (χ2v) is 13.4. The van der Waals surface area contributed by atoms with Gasteiger partial charge in [-0.25, -0.2) is 0 Å². The van der Waals surface area contributed by atoms with E-state index in [1.165, 1.54) is 0 Å². The molecule has 0 radical (unpaired) electrons. The molecule has 1 aromatic carbocycles. The van der Waals surface area contributed by atoms with Crippen molar-refractivity contribution in [1.29, 1.82) is 0 Å². The molecule has 3 atom stereocenters. The second kappa shape index (κ2) is 25.3. The van der Waals surface area contributed by atoms with Crippen molar-refractivity contribution in [2.24, 2.45) is 11.8 Å². The van der Waals surface area contributed by atoms with E-state index in [9.17, 15) is 29.4 Å². The molecule has 0 saturated carbocycles. The number of unbranched alkanes of at least 4 members (excludes halogenated alkanes) is 1. The van der Waals surface area contributed by atoms with Gasteiger partial charge in [-0.3, -0.25) is 19.2 Å². The van der Waals surface area contributed by atoms with Gasteiger partial charge in [0.1, 0.15) is 11.5 Å². The lowest BCUT2D eigenvalue weighted by Gasteiger charge is -2.17. The SMILES string of the molecule is CCOC(=O)CCCCOC(=O)C(CCCOC(=O)C(CCCO)COCCSCCC(=O)CCCc1ccc(C)c(O)c1)CC1CO1. The van der Waals surface area contributed by atoms with E-state index in [2.05, 4.69) is 0 Å². The molecule has 0 bridgehead atoms. The first-order valence-electron chi connectivity index (χ1n) is 17.4. The maximum atomic E-state index is 12.8. The molecular weight excluding hydrogens is 640 g/mol. The quantitative estimate of drug-likeness (QED) is 0.0493. The highest BCUT2D eigenvalue weighted by atomic mass is 32.2. The van der Waals surface area contributed by atoms with Crippen molar-refractivity contribution < 1.29 is 53.1 Å². The number of epoxide rings is 1. The lowest BCUT2D eigenvalue weighted by atomic mass is 9.98. The van der Waals surface area contributed by atoms with Gasteiger partial charge in [0.15, 0.2) is 0 Å². The first kappa shape index (κ1) is 41.5. The zero-order chi connectivity index (χ0) is 35.0. The van der Waals surface area contributed by atoms with Crippen LogP contribution in [0.2, 0.25) is 0 Å². The molecule has 2 rings (SSSR count). The summed E-state index contributed by atoms with van der Waals surface area (Å²) in [5, 5.41) is 19.1. The third-order valence-electron chi connectivity index (χ3n) is 8.00. The van der Waals surface area contributed by atoms with Crippen LogP contribution in [0.4, 0.5) is 0 Å². The molecule has 0 aliphatic carbocycles. The summed E-state index contributed by atoms with van der Waals surface area (Å²) >= 11 is 1.63. The Kier molecular flexibility index (Phi) is 21.9. The number of aryl methyl sites for hydroxylation is 2. The van der Waals surface area contributed by atoms with Crippen LogP contribution in [0.25, 0.3) is 0 Å². The maximum Gasteiger partial charge on any atom is 0.311 e. The van der Waals surface area contributed by atoms with Gasteiger partial charge < -0.3 is 33.9 Å². The summed E-state index contributed by atoms with van der Waals surface area (Å²) in [5.41, 5.74) is 1.87. The zero-order valence-corrected chi connectivity index (χ0v) is 29.6. The minimum absolute atomic E-state index is 0.0307. The first-order chi connectivity index (χ1) is 23.2. The number of phenolic OH excluding ortho intramolecular Hbond substituents is 1. The average molecular weight is 697 g/mol. The number of benzene rings is 1. The Labute approximate surface area is 289 Å². The smallest absolute Gasteiger partial charge is 0.311 e. The van der Waals surface area contributed by atoms with Gasteiger partial charge in [-0.05, 0) is 88.8 Å². The number of hydrogen-bond acceptors (Lipinski definition) is 12. The molecule has 2 N–H and O–H groups in total. The number of rotatable bonds is 29. The summed E-state index contributed by atoms with van der Waals surface area (Å²) < 4.78 is 26.9.